The van der Waals surface area contributed by atoms with Gasteiger partial charge in [0.05, 0.1) is 35.5 Å². The molecule has 1 aliphatic rings. The van der Waals surface area contributed by atoms with Crippen LogP contribution in [-0.4, -0.2) is 40.3 Å². The molecule has 7 heteroatoms. The first-order valence-corrected chi connectivity index (χ1v) is 12.0. The summed E-state index contributed by atoms with van der Waals surface area (Å²) in [6.07, 6.45) is 6.80. The number of esters is 1. The Morgan fingerprint density at radius 3 is 2.49 bits per heavy atom. The van der Waals surface area contributed by atoms with Crippen LogP contribution in [0.3, 0.4) is 0 Å². The second-order valence-electron chi connectivity index (χ2n) is 10.2. The lowest BCUT2D eigenvalue weighted by molar-refractivity contribution is -0.154. The molecule has 5 atom stereocenters. The molecule has 0 spiro atoms. The second-order valence-corrected chi connectivity index (χ2v) is 10.2. The minimum Gasteiger partial charge on any atom is -0.468 e. The standard InChI is InChI=1S/C28H43NO6/c1-17(2)34-16-22(29)14-20(5)23-13-12-18(3)10-9-11-19(4)26(32)21(6)27(33)28(7,8)24(30)15-25(31)35-23/h9,11-12,14,16,19,21,23-24,26,30,32H,1,10,13,15,29H2,2-8H3/b11-9+,18-12-,20-14+,22-16-/t19-,21+,23-,24-,26-/m0/s1. The first-order chi connectivity index (χ1) is 16.2. The molecule has 7 nitrogen and oxygen atoms in total. The second kappa shape index (κ2) is 13.4. The van der Waals surface area contributed by atoms with Gasteiger partial charge in [-0.3, -0.25) is 9.59 Å². The molecule has 0 saturated heterocycles. The largest absolute Gasteiger partial charge is 0.468 e. The summed E-state index contributed by atoms with van der Waals surface area (Å²) < 4.78 is 10.9. The highest BCUT2D eigenvalue weighted by atomic mass is 16.5. The van der Waals surface area contributed by atoms with Crippen molar-refractivity contribution in [1.29, 1.82) is 0 Å². The van der Waals surface area contributed by atoms with Crippen molar-refractivity contribution in [1.82, 2.24) is 0 Å². The van der Waals surface area contributed by atoms with E-state index in [1.807, 2.05) is 32.1 Å². The summed E-state index contributed by atoms with van der Waals surface area (Å²) in [7, 11) is 0. The maximum atomic E-state index is 13.1. The molecule has 196 valence electrons. The Kier molecular flexibility index (Phi) is 11.7. The number of carbonyl (C=O) groups is 2. The summed E-state index contributed by atoms with van der Waals surface area (Å²) >= 11 is 0. The number of ether oxygens (including phenoxy) is 2. The van der Waals surface area contributed by atoms with Gasteiger partial charge in [-0.05, 0) is 38.8 Å². The van der Waals surface area contributed by atoms with Crippen LogP contribution < -0.4 is 5.73 Å². The third-order valence-electron chi connectivity index (χ3n) is 6.42. The molecular weight excluding hydrogens is 446 g/mol. The van der Waals surface area contributed by atoms with E-state index in [-0.39, 0.29) is 18.1 Å². The number of aliphatic hydroxyl groups excluding tert-OH is 2. The first kappa shape index (κ1) is 30.4. The maximum Gasteiger partial charge on any atom is 0.309 e. The van der Waals surface area contributed by atoms with E-state index >= 15 is 0 Å². The van der Waals surface area contributed by atoms with Crippen molar-refractivity contribution in [2.45, 2.75) is 86.0 Å². The Morgan fingerprint density at radius 2 is 1.89 bits per heavy atom. The van der Waals surface area contributed by atoms with Crippen LogP contribution in [0.4, 0.5) is 0 Å². The van der Waals surface area contributed by atoms with Crippen molar-refractivity contribution in [3.8, 4) is 0 Å². The minimum absolute atomic E-state index is 0.248. The Labute approximate surface area is 210 Å². The molecular formula is C28H43NO6. The number of Topliss-reactive ketones (excluding diaryl/α,β-unsaturated/α-hetero) is 1. The Hall–Kier alpha value is -2.64. The smallest absolute Gasteiger partial charge is 0.309 e. The fourth-order valence-electron chi connectivity index (χ4n) is 3.84. The highest BCUT2D eigenvalue weighted by molar-refractivity contribution is 5.88. The predicted molar refractivity (Wildman–Crippen MR) is 138 cm³/mol. The number of allylic oxidation sites excluding steroid dienone is 4. The molecule has 1 rings (SSSR count). The zero-order chi connectivity index (χ0) is 26.9. The van der Waals surface area contributed by atoms with Crippen molar-refractivity contribution in [2.75, 3.05) is 0 Å². The fourth-order valence-corrected chi connectivity index (χ4v) is 3.84. The van der Waals surface area contributed by atoms with Crippen molar-refractivity contribution in [3.05, 3.63) is 59.7 Å². The van der Waals surface area contributed by atoms with Gasteiger partial charge >= 0.3 is 5.97 Å². The van der Waals surface area contributed by atoms with Crippen molar-refractivity contribution >= 4 is 11.8 Å². The lowest BCUT2D eigenvalue weighted by atomic mass is 9.73. The van der Waals surface area contributed by atoms with Crippen LogP contribution in [0, 0.1) is 17.3 Å². The molecule has 0 amide bonds. The Balaban J connectivity index is 3.32. The molecule has 0 aromatic rings. The van der Waals surface area contributed by atoms with Gasteiger partial charge in [-0.2, -0.15) is 0 Å². The summed E-state index contributed by atoms with van der Waals surface area (Å²) in [4.78, 5) is 25.9. The molecule has 4 N–H and O–H groups in total. The van der Waals surface area contributed by atoms with Gasteiger partial charge in [0.15, 0.2) is 0 Å². The summed E-state index contributed by atoms with van der Waals surface area (Å²) in [6.45, 7) is 15.8. The summed E-state index contributed by atoms with van der Waals surface area (Å²) in [6, 6.07) is 0. The van der Waals surface area contributed by atoms with Crippen LogP contribution in [0.25, 0.3) is 0 Å². The third kappa shape index (κ3) is 9.49. The van der Waals surface area contributed by atoms with Gasteiger partial charge in [0.2, 0.25) is 0 Å². The molecule has 0 saturated carbocycles. The molecule has 0 aromatic carbocycles. The Bertz CT molecular complexity index is 895. The zero-order valence-corrected chi connectivity index (χ0v) is 22.2. The minimum atomic E-state index is -1.27. The maximum absolute atomic E-state index is 13.1. The van der Waals surface area contributed by atoms with E-state index in [4.69, 9.17) is 15.2 Å². The molecule has 35 heavy (non-hydrogen) atoms. The van der Waals surface area contributed by atoms with Gasteiger partial charge in [-0.1, -0.05) is 58.1 Å². The number of rotatable bonds is 4. The third-order valence-corrected chi connectivity index (χ3v) is 6.42. The molecule has 0 fully saturated rings. The van der Waals surface area contributed by atoms with E-state index < -0.39 is 35.6 Å². The van der Waals surface area contributed by atoms with Gasteiger partial charge < -0.3 is 25.4 Å². The molecule has 1 aliphatic heterocycles. The van der Waals surface area contributed by atoms with Gasteiger partial charge in [-0.25, -0.2) is 0 Å². The highest BCUT2D eigenvalue weighted by Crippen LogP contribution is 2.31. The van der Waals surface area contributed by atoms with Crippen LogP contribution in [0.15, 0.2) is 59.7 Å². The number of carbonyl (C=O) groups excluding carboxylic acids is 2. The predicted octanol–water partition coefficient (Wildman–Crippen LogP) is 4.47. The Morgan fingerprint density at radius 1 is 1.26 bits per heavy atom. The molecule has 0 radical (unpaired) electrons. The topological polar surface area (TPSA) is 119 Å². The molecule has 0 aromatic heterocycles. The van der Waals surface area contributed by atoms with Gasteiger partial charge in [0, 0.05) is 18.3 Å². The van der Waals surface area contributed by atoms with Crippen molar-refractivity contribution in [2.24, 2.45) is 23.0 Å². The number of nitrogens with two attached hydrogens (primary N) is 1. The lowest BCUT2D eigenvalue weighted by Crippen LogP contribution is -2.45. The quantitative estimate of drug-likeness (QED) is 0.231. The first-order valence-electron chi connectivity index (χ1n) is 12.0. The average molecular weight is 490 g/mol. The van der Waals surface area contributed by atoms with Crippen LogP contribution in [0.1, 0.15) is 67.7 Å². The van der Waals surface area contributed by atoms with E-state index in [0.717, 1.165) is 5.57 Å². The van der Waals surface area contributed by atoms with E-state index in [2.05, 4.69) is 6.58 Å². The number of hydrogen-bond acceptors (Lipinski definition) is 7. The molecule has 0 aliphatic carbocycles. The van der Waals surface area contributed by atoms with E-state index in [0.29, 0.717) is 29.9 Å². The highest BCUT2D eigenvalue weighted by Gasteiger charge is 2.42. The van der Waals surface area contributed by atoms with Gasteiger partial charge in [0.25, 0.3) is 0 Å². The van der Waals surface area contributed by atoms with E-state index in [1.165, 1.54) is 6.26 Å². The summed E-state index contributed by atoms with van der Waals surface area (Å²) in [5, 5.41) is 21.5. The molecule has 1 heterocycles. The van der Waals surface area contributed by atoms with Crippen LogP contribution in [-0.2, 0) is 19.1 Å². The van der Waals surface area contributed by atoms with E-state index in [9.17, 15) is 19.8 Å². The number of hydrogen-bond donors (Lipinski definition) is 3. The number of cyclic esters (lactones) is 1. The molecule has 0 bridgehead atoms. The zero-order valence-electron chi connectivity index (χ0n) is 22.2. The number of aliphatic hydroxyl groups is 2. The van der Waals surface area contributed by atoms with Crippen LogP contribution in [0.2, 0.25) is 0 Å². The van der Waals surface area contributed by atoms with Gasteiger partial charge in [-0.15, -0.1) is 0 Å². The van der Waals surface area contributed by atoms with Crippen molar-refractivity contribution < 1.29 is 29.3 Å². The normalized spacial score (nSPS) is 32.3. The van der Waals surface area contributed by atoms with E-state index in [1.54, 1.807) is 40.7 Å². The number of ketones is 1. The lowest BCUT2D eigenvalue weighted by Gasteiger charge is -2.34. The molecule has 0 unspecified atom stereocenters. The average Bonchev–Trinajstić information content (AvgIpc) is 2.77. The van der Waals surface area contributed by atoms with Crippen LogP contribution in [0.5, 0.6) is 0 Å². The monoisotopic (exact) mass is 489 g/mol. The fraction of sp³-hybridized carbons (Fsp3) is 0.571. The summed E-state index contributed by atoms with van der Waals surface area (Å²) in [5.41, 5.74) is 6.85. The van der Waals surface area contributed by atoms with Crippen molar-refractivity contribution in [3.63, 3.8) is 0 Å². The SMILES string of the molecule is C=C(C)O/C=C(N)/C=C(\C)[C@@H]1C/C=C(/C)C/C=C/[C@H](C)[C@H](O)[C@@H](C)C(=O)C(C)(C)[C@@H](O)CC(=O)O1. The van der Waals surface area contributed by atoms with Crippen LogP contribution >= 0.6 is 0 Å². The van der Waals surface area contributed by atoms with Gasteiger partial charge in [0.1, 0.15) is 18.1 Å². The summed E-state index contributed by atoms with van der Waals surface area (Å²) in [5.74, 6) is -1.41.